The molecule has 0 aliphatic heterocycles. The van der Waals surface area contributed by atoms with E-state index in [2.05, 4.69) is 28.2 Å². The van der Waals surface area contributed by atoms with Crippen LogP contribution in [0.4, 0.5) is 0 Å². The monoisotopic (exact) mass is 220 g/mol. The molecular formula is C12H16N2S. The Morgan fingerprint density at radius 1 is 1.53 bits per heavy atom. The summed E-state index contributed by atoms with van der Waals surface area (Å²) in [6.07, 6.45) is 4.53. The first-order valence-corrected chi connectivity index (χ1v) is 6.48. The molecule has 2 rings (SSSR count). The van der Waals surface area contributed by atoms with Crippen molar-refractivity contribution in [1.29, 1.82) is 5.26 Å². The second-order valence-electron chi connectivity index (χ2n) is 4.11. The summed E-state index contributed by atoms with van der Waals surface area (Å²) in [7, 11) is 0. The van der Waals surface area contributed by atoms with Crippen molar-refractivity contribution in [2.45, 2.75) is 31.7 Å². The SMILES string of the molecule is N#CC1CCCC1NCCc1ccsc1. The number of thiophene rings is 1. The van der Waals surface area contributed by atoms with Crippen LogP contribution in [-0.4, -0.2) is 12.6 Å². The molecule has 0 aromatic carbocycles. The zero-order chi connectivity index (χ0) is 10.5. The van der Waals surface area contributed by atoms with Crippen molar-refractivity contribution in [3.63, 3.8) is 0 Å². The lowest BCUT2D eigenvalue weighted by Gasteiger charge is -2.14. The zero-order valence-electron chi connectivity index (χ0n) is 8.78. The van der Waals surface area contributed by atoms with Crippen LogP contribution in [0.15, 0.2) is 16.8 Å². The molecule has 2 atom stereocenters. The Bertz CT molecular complexity index is 326. The number of nitrogens with one attached hydrogen (secondary N) is 1. The van der Waals surface area contributed by atoms with E-state index in [9.17, 15) is 0 Å². The molecule has 0 amide bonds. The van der Waals surface area contributed by atoms with Gasteiger partial charge < -0.3 is 5.32 Å². The predicted octanol–water partition coefficient (Wildman–Crippen LogP) is 2.57. The molecule has 1 aliphatic rings. The highest BCUT2D eigenvalue weighted by Gasteiger charge is 2.25. The Morgan fingerprint density at radius 3 is 3.20 bits per heavy atom. The van der Waals surface area contributed by atoms with Gasteiger partial charge in [0.2, 0.25) is 0 Å². The van der Waals surface area contributed by atoms with Crippen LogP contribution in [-0.2, 0) is 6.42 Å². The maximum Gasteiger partial charge on any atom is 0.0672 e. The average Bonchev–Trinajstić information content (AvgIpc) is 2.88. The number of nitrogens with zero attached hydrogens (tertiary/aromatic N) is 1. The normalized spacial score (nSPS) is 25.3. The predicted molar refractivity (Wildman–Crippen MR) is 62.8 cm³/mol. The molecule has 2 nitrogen and oxygen atoms in total. The van der Waals surface area contributed by atoms with E-state index in [-0.39, 0.29) is 5.92 Å². The third-order valence-corrected chi connectivity index (χ3v) is 3.81. The summed E-state index contributed by atoms with van der Waals surface area (Å²) in [4.78, 5) is 0. The van der Waals surface area contributed by atoms with E-state index in [1.165, 1.54) is 18.4 Å². The van der Waals surface area contributed by atoms with Gasteiger partial charge in [-0.25, -0.2) is 0 Å². The highest BCUT2D eigenvalue weighted by Crippen LogP contribution is 2.24. The average molecular weight is 220 g/mol. The van der Waals surface area contributed by atoms with Gasteiger partial charge in [-0.05, 0) is 48.2 Å². The van der Waals surface area contributed by atoms with E-state index in [1.807, 2.05) is 0 Å². The van der Waals surface area contributed by atoms with Crippen LogP contribution in [0, 0.1) is 17.2 Å². The van der Waals surface area contributed by atoms with Crippen LogP contribution < -0.4 is 5.32 Å². The molecule has 1 N–H and O–H groups in total. The molecule has 1 aromatic heterocycles. The summed E-state index contributed by atoms with van der Waals surface area (Å²) in [5.74, 6) is 0.243. The molecule has 0 radical (unpaired) electrons. The molecule has 1 aliphatic carbocycles. The Kier molecular flexibility index (Phi) is 3.76. The largest absolute Gasteiger partial charge is 0.312 e. The van der Waals surface area contributed by atoms with Gasteiger partial charge in [0, 0.05) is 6.04 Å². The summed E-state index contributed by atoms with van der Waals surface area (Å²) in [6, 6.07) is 5.01. The minimum atomic E-state index is 0.243. The van der Waals surface area contributed by atoms with Gasteiger partial charge >= 0.3 is 0 Å². The van der Waals surface area contributed by atoms with Gasteiger partial charge in [-0.3, -0.25) is 0 Å². The summed E-state index contributed by atoms with van der Waals surface area (Å²) in [6.45, 7) is 1.000. The zero-order valence-corrected chi connectivity index (χ0v) is 9.59. The number of rotatable bonds is 4. The second kappa shape index (κ2) is 5.29. The maximum atomic E-state index is 8.93. The van der Waals surface area contributed by atoms with E-state index >= 15 is 0 Å². The topological polar surface area (TPSA) is 35.8 Å². The molecule has 1 aromatic rings. The van der Waals surface area contributed by atoms with Crippen LogP contribution >= 0.6 is 11.3 Å². The van der Waals surface area contributed by atoms with Crippen LogP contribution in [0.25, 0.3) is 0 Å². The molecule has 1 heterocycles. The summed E-state index contributed by atoms with van der Waals surface area (Å²) in [5.41, 5.74) is 1.40. The first kappa shape index (κ1) is 10.7. The summed E-state index contributed by atoms with van der Waals surface area (Å²) < 4.78 is 0. The van der Waals surface area contributed by atoms with Crippen LogP contribution in [0.2, 0.25) is 0 Å². The van der Waals surface area contributed by atoms with Crippen LogP contribution in [0.1, 0.15) is 24.8 Å². The Hall–Kier alpha value is -0.850. The third-order valence-electron chi connectivity index (χ3n) is 3.08. The van der Waals surface area contributed by atoms with Gasteiger partial charge in [-0.15, -0.1) is 0 Å². The fourth-order valence-corrected chi connectivity index (χ4v) is 2.90. The number of nitriles is 1. The quantitative estimate of drug-likeness (QED) is 0.846. The Labute approximate surface area is 94.9 Å². The molecule has 1 saturated carbocycles. The lowest BCUT2D eigenvalue weighted by atomic mass is 10.1. The fraction of sp³-hybridized carbons (Fsp3) is 0.583. The molecule has 3 heteroatoms. The van der Waals surface area contributed by atoms with E-state index < -0.39 is 0 Å². The lowest BCUT2D eigenvalue weighted by Crippen LogP contribution is -2.33. The van der Waals surface area contributed by atoms with Crippen molar-refractivity contribution in [3.8, 4) is 6.07 Å². The van der Waals surface area contributed by atoms with Crippen LogP contribution in [0.5, 0.6) is 0 Å². The lowest BCUT2D eigenvalue weighted by molar-refractivity contribution is 0.469. The molecule has 80 valence electrons. The highest BCUT2D eigenvalue weighted by molar-refractivity contribution is 7.07. The minimum absolute atomic E-state index is 0.243. The minimum Gasteiger partial charge on any atom is -0.312 e. The van der Waals surface area contributed by atoms with E-state index in [4.69, 9.17) is 5.26 Å². The van der Waals surface area contributed by atoms with Crippen molar-refractivity contribution < 1.29 is 0 Å². The van der Waals surface area contributed by atoms with Gasteiger partial charge in [-0.2, -0.15) is 16.6 Å². The van der Waals surface area contributed by atoms with E-state index in [0.29, 0.717) is 6.04 Å². The fourth-order valence-electron chi connectivity index (χ4n) is 2.20. The molecule has 15 heavy (non-hydrogen) atoms. The molecular weight excluding hydrogens is 204 g/mol. The number of hydrogen-bond donors (Lipinski definition) is 1. The maximum absolute atomic E-state index is 8.93. The van der Waals surface area contributed by atoms with E-state index in [1.54, 1.807) is 11.3 Å². The van der Waals surface area contributed by atoms with Gasteiger partial charge in [0.25, 0.3) is 0 Å². The third kappa shape index (κ3) is 2.80. The van der Waals surface area contributed by atoms with E-state index in [0.717, 1.165) is 19.4 Å². The van der Waals surface area contributed by atoms with Gasteiger partial charge in [0.1, 0.15) is 0 Å². The molecule has 0 bridgehead atoms. The van der Waals surface area contributed by atoms with Crippen molar-refractivity contribution >= 4 is 11.3 Å². The number of hydrogen-bond acceptors (Lipinski definition) is 3. The standard InChI is InChI=1S/C12H16N2S/c13-8-11-2-1-3-12(11)14-6-4-10-5-7-15-9-10/h5,7,9,11-12,14H,1-4,6H2. The highest BCUT2D eigenvalue weighted by atomic mass is 32.1. The second-order valence-corrected chi connectivity index (χ2v) is 4.89. The first-order chi connectivity index (χ1) is 7.40. The van der Waals surface area contributed by atoms with Crippen molar-refractivity contribution in [2.24, 2.45) is 5.92 Å². The Morgan fingerprint density at radius 2 is 2.47 bits per heavy atom. The van der Waals surface area contributed by atoms with Gasteiger partial charge in [0.05, 0.1) is 12.0 Å². The Balaban J connectivity index is 1.72. The summed E-state index contributed by atoms with van der Waals surface area (Å²) in [5, 5.41) is 16.7. The van der Waals surface area contributed by atoms with Crippen molar-refractivity contribution in [1.82, 2.24) is 5.32 Å². The molecule has 2 unspecified atom stereocenters. The first-order valence-electron chi connectivity index (χ1n) is 5.54. The van der Waals surface area contributed by atoms with Crippen molar-refractivity contribution in [3.05, 3.63) is 22.4 Å². The summed E-state index contributed by atoms with van der Waals surface area (Å²) >= 11 is 1.75. The van der Waals surface area contributed by atoms with Crippen molar-refractivity contribution in [2.75, 3.05) is 6.54 Å². The molecule has 0 spiro atoms. The molecule has 0 saturated heterocycles. The smallest absolute Gasteiger partial charge is 0.0672 e. The van der Waals surface area contributed by atoms with Gasteiger partial charge in [0.15, 0.2) is 0 Å². The van der Waals surface area contributed by atoms with Crippen LogP contribution in [0.3, 0.4) is 0 Å². The van der Waals surface area contributed by atoms with Gasteiger partial charge in [-0.1, -0.05) is 6.42 Å². The molecule has 1 fully saturated rings.